The van der Waals surface area contributed by atoms with Crippen molar-refractivity contribution in [1.29, 1.82) is 0 Å². The second-order valence-electron chi connectivity index (χ2n) is 4.55. The molecule has 2 aromatic rings. The second-order valence-corrected chi connectivity index (χ2v) is 4.93. The number of hydrogen-bond acceptors (Lipinski definition) is 5. The molecule has 0 heterocycles. The van der Waals surface area contributed by atoms with Crippen LogP contribution in [0.3, 0.4) is 0 Å². The van der Waals surface area contributed by atoms with Crippen molar-refractivity contribution in [2.45, 2.75) is 6.92 Å². The van der Waals surface area contributed by atoms with E-state index >= 15 is 0 Å². The third kappa shape index (κ3) is 3.36. The van der Waals surface area contributed by atoms with Crippen LogP contribution in [-0.4, -0.2) is 32.2 Å². The molecule has 2 aromatic carbocycles. The average molecular weight is 324 g/mol. The Morgan fingerprint density at radius 1 is 1.18 bits per heavy atom. The molecule has 0 aromatic heterocycles. The number of alkyl halides is 1. The largest absolute Gasteiger partial charge is 0.493 e. The lowest BCUT2D eigenvalue weighted by atomic mass is 10.0. The molecule has 22 heavy (non-hydrogen) atoms. The van der Waals surface area contributed by atoms with Crippen LogP contribution < -0.4 is 15.2 Å². The van der Waals surface area contributed by atoms with Crippen LogP contribution in [0.25, 0.3) is 10.8 Å². The monoisotopic (exact) mass is 323 g/mol. The van der Waals surface area contributed by atoms with Gasteiger partial charge < -0.3 is 19.9 Å². The van der Waals surface area contributed by atoms with Gasteiger partial charge in [0.2, 0.25) is 0 Å². The summed E-state index contributed by atoms with van der Waals surface area (Å²) >= 11 is 5.64. The van der Waals surface area contributed by atoms with Gasteiger partial charge in [0, 0.05) is 5.69 Å². The van der Waals surface area contributed by atoms with E-state index < -0.39 is 5.97 Å². The van der Waals surface area contributed by atoms with E-state index in [1.165, 1.54) is 0 Å². The zero-order valence-electron chi connectivity index (χ0n) is 12.5. The summed E-state index contributed by atoms with van der Waals surface area (Å²) in [5, 5.41) is 1.66. The number of nitrogen functional groups attached to an aromatic ring is 1. The zero-order chi connectivity index (χ0) is 16.1. The fraction of sp³-hybridized carbons (Fsp3) is 0.312. The van der Waals surface area contributed by atoms with Crippen molar-refractivity contribution in [3.63, 3.8) is 0 Å². The Labute approximate surface area is 133 Å². The molecule has 0 bridgehead atoms. The molecule has 5 nitrogen and oxygen atoms in total. The predicted molar refractivity (Wildman–Crippen MR) is 87.1 cm³/mol. The lowest BCUT2D eigenvalue weighted by molar-refractivity contribution is 0.0528. The minimum atomic E-state index is -0.444. The third-order valence-corrected chi connectivity index (χ3v) is 3.28. The topological polar surface area (TPSA) is 70.8 Å². The van der Waals surface area contributed by atoms with E-state index in [0.29, 0.717) is 41.8 Å². The Balaban J connectivity index is 2.52. The summed E-state index contributed by atoms with van der Waals surface area (Å²) in [5.74, 6) is 1.08. The van der Waals surface area contributed by atoms with Crippen LogP contribution in [0, 0.1) is 0 Å². The molecule has 118 valence electrons. The number of methoxy groups -OCH3 is 1. The molecule has 0 aliphatic carbocycles. The van der Waals surface area contributed by atoms with Crippen LogP contribution >= 0.6 is 11.6 Å². The number of anilines is 1. The van der Waals surface area contributed by atoms with Crippen molar-refractivity contribution in [1.82, 2.24) is 0 Å². The Morgan fingerprint density at radius 2 is 1.86 bits per heavy atom. The maximum atomic E-state index is 11.9. The Morgan fingerprint density at radius 3 is 2.50 bits per heavy atom. The average Bonchev–Trinajstić information content (AvgIpc) is 2.51. The maximum Gasteiger partial charge on any atom is 0.340 e. The van der Waals surface area contributed by atoms with Gasteiger partial charge >= 0.3 is 5.97 Å². The molecule has 0 aliphatic rings. The Hall–Kier alpha value is -2.14. The van der Waals surface area contributed by atoms with Gasteiger partial charge in [0.25, 0.3) is 0 Å². The van der Waals surface area contributed by atoms with Gasteiger partial charge in [-0.1, -0.05) is 0 Å². The molecular weight excluding hydrogens is 306 g/mol. The molecule has 0 saturated carbocycles. The summed E-state index contributed by atoms with van der Waals surface area (Å²) in [4.78, 5) is 11.9. The van der Waals surface area contributed by atoms with Gasteiger partial charge in [-0.2, -0.15) is 0 Å². The summed E-state index contributed by atoms with van der Waals surface area (Å²) in [6.07, 6.45) is 0. The number of hydrogen-bond donors (Lipinski definition) is 1. The number of esters is 1. The minimum Gasteiger partial charge on any atom is -0.493 e. The van der Waals surface area contributed by atoms with E-state index in [1.54, 1.807) is 32.2 Å². The van der Waals surface area contributed by atoms with Crippen LogP contribution in [-0.2, 0) is 4.74 Å². The number of nitrogens with two attached hydrogens (primary N) is 1. The molecule has 0 radical (unpaired) electrons. The number of halogens is 1. The Bertz CT molecular complexity index is 687. The summed E-state index contributed by atoms with van der Waals surface area (Å²) < 4.78 is 15.9. The molecule has 0 amide bonds. The highest BCUT2D eigenvalue weighted by Gasteiger charge is 2.14. The highest BCUT2D eigenvalue weighted by Crippen LogP contribution is 2.34. The van der Waals surface area contributed by atoms with E-state index in [1.807, 2.05) is 6.07 Å². The first kappa shape index (κ1) is 16.2. The highest BCUT2D eigenvalue weighted by molar-refractivity contribution is 6.18. The van der Waals surface area contributed by atoms with Crippen molar-refractivity contribution < 1.29 is 19.0 Å². The summed E-state index contributed by atoms with van der Waals surface area (Å²) in [5.41, 5.74) is 6.64. The highest BCUT2D eigenvalue weighted by atomic mass is 35.5. The van der Waals surface area contributed by atoms with Gasteiger partial charge in [-0.15, -0.1) is 11.6 Å². The lowest BCUT2D eigenvalue weighted by Gasteiger charge is -2.13. The minimum absolute atomic E-state index is 0.295. The lowest BCUT2D eigenvalue weighted by Crippen LogP contribution is -2.08. The Kier molecular flexibility index (Phi) is 5.33. The third-order valence-electron chi connectivity index (χ3n) is 3.12. The summed E-state index contributed by atoms with van der Waals surface area (Å²) in [7, 11) is 1.56. The number of ether oxygens (including phenoxy) is 3. The van der Waals surface area contributed by atoms with Crippen molar-refractivity contribution in [2.75, 3.05) is 31.9 Å². The van der Waals surface area contributed by atoms with E-state index in [0.717, 1.165) is 10.8 Å². The first-order valence-electron chi connectivity index (χ1n) is 6.87. The molecule has 2 rings (SSSR count). The fourth-order valence-electron chi connectivity index (χ4n) is 2.13. The number of benzene rings is 2. The molecule has 0 saturated heterocycles. The SMILES string of the molecule is CCOC(=O)c1cc2cc(OCCCl)c(OC)cc2cc1N. The molecule has 0 unspecified atom stereocenters. The first-order chi connectivity index (χ1) is 10.6. The molecule has 6 heteroatoms. The van der Waals surface area contributed by atoms with E-state index in [2.05, 4.69) is 0 Å². The van der Waals surface area contributed by atoms with Crippen LogP contribution in [0.5, 0.6) is 11.5 Å². The van der Waals surface area contributed by atoms with Gasteiger partial charge in [0.05, 0.1) is 25.2 Å². The molecule has 0 aliphatic heterocycles. The van der Waals surface area contributed by atoms with Crippen molar-refractivity contribution in [2.24, 2.45) is 0 Å². The fourth-order valence-corrected chi connectivity index (χ4v) is 2.21. The maximum absolute atomic E-state index is 11.9. The smallest absolute Gasteiger partial charge is 0.340 e. The number of fused-ring (bicyclic) bond motifs is 1. The molecule has 2 N–H and O–H groups in total. The predicted octanol–water partition coefficient (Wildman–Crippen LogP) is 3.22. The van der Waals surface area contributed by atoms with Crippen molar-refractivity contribution >= 4 is 34.0 Å². The van der Waals surface area contributed by atoms with Crippen LogP contribution in [0.15, 0.2) is 24.3 Å². The molecule has 0 fully saturated rings. The van der Waals surface area contributed by atoms with Crippen LogP contribution in [0.4, 0.5) is 5.69 Å². The van der Waals surface area contributed by atoms with E-state index in [4.69, 9.17) is 31.5 Å². The first-order valence-corrected chi connectivity index (χ1v) is 7.41. The molecule has 0 atom stereocenters. The standard InChI is InChI=1S/C16H18ClNO4/c1-3-21-16(19)12-6-10-9-15(22-5-4-17)14(20-2)8-11(10)7-13(12)18/h6-9H,3-5,18H2,1-2H3. The van der Waals surface area contributed by atoms with Crippen LogP contribution in [0.1, 0.15) is 17.3 Å². The van der Waals surface area contributed by atoms with Gasteiger partial charge in [-0.05, 0) is 42.0 Å². The van der Waals surface area contributed by atoms with E-state index in [9.17, 15) is 4.79 Å². The van der Waals surface area contributed by atoms with Crippen molar-refractivity contribution in [3.8, 4) is 11.5 Å². The molecular formula is C16H18ClNO4. The van der Waals surface area contributed by atoms with Gasteiger partial charge in [0.15, 0.2) is 11.5 Å². The number of carbonyl (C=O) groups is 1. The van der Waals surface area contributed by atoms with Crippen LogP contribution in [0.2, 0.25) is 0 Å². The van der Waals surface area contributed by atoms with Gasteiger partial charge in [0.1, 0.15) is 6.61 Å². The summed E-state index contributed by atoms with van der Waals surface area (Å²) in [6, 6.07) is 7.01. The zero-order valence-corrected chi connectivity index (χ0v) is 13.3. The number of rotatable bonds is 6. The van der Waals surface area contributed by atoms with E-state index in [-0.39, 0.29) is 0 Å². The van der Waals surface area contributed by atoms with Gasteiger partial charge in [-0.3, -0.25) is 0 Å². The normalized spacial score (nSPS) is 10.5. The molecule has 0 spiro atoms. The van der Waals surface area contributed by atoms with Crippen molar-refractivity contribution in [3.05, 3.63) is 29.8 Å². The number of carbonyl (C=O) groups excluding carboxylic acids is 1. The van der Waals surface area contributed by atoms with Gasteiger partial charge in [-0.25, -0.2) is 4.79 Å². The second kappa shape index (κ2) is 7.22. The quantitative estimate of drug-likeness (QED) is 0.502. The summed E-state index contributed by atoms with van der Waals surface area (Å²) in [6.45, 7) is 2.41.